The van der Waals surface area contributed by atoms with Crippen molar-refractivity contribution in [3.8, 4) is 0 Å². The lowest BCUT2D eigenvalue weighted by Crippen LogP contribution is -2.32. The lowest BCUT2D eigenvalue weighted by molar-refractivity contribution is -0.384. The van der Waals surface area contributed by atoms with E-state index in [1.54, 1.807) is 0 Å². The molecule has 0 amide bonds. The van der Waals surface area contributed by atoms with Gasteiger partial charge in [-0.05, 0) is 31.9 Å². The summed E-state index contributed by atoms with van der Waals surface area (Å²) in [5.41, 5.74) is 0.134. The van der Waals surface area contributed by atoms with Crippen LogP contribution in [0.25, 0.3) is 0 Å². The van der Waals surface area contributed by atoms with Gasteiger partial charge in [0, 0.05) is 12.6 Å². The molecule has 1 aromatic carbocycles. The highest BCUT2D eigenvalue weighted by Crippen LogP contribution is 2.27. The average Bonchev–Trinajstić information content (AvgIpc) is 2.31. The highest BCUT2D eigenvalue weighted by molar-refractivity contribution is 5.61. The molecular formula is C12H15FN2O3. The van der Waals surface area contributed by atoms with Gasteiger partial charge in [-0.15, -0.1) is 0 Å². The number of nitrogens with one attached hydrogen (secondary N) is 1. The molecule has 18 heavy (non-hydrogen) atoms. The van der Waals surface area contributed by atoms with E-state index in [-0.39, 0.29) is 17.8 Å². The first kappa shape index (κ1) is 12.8. The Morgan fingerprint density at radius 1 is 1.56 bits per heavy atom. The Hall–Kier alpha value is -1.69. The Bertz CT molecular complexity index is 453. The molecular weight excluding hydrogens is 239 g/mol. The lowest BCUT2D eigenvalue weighted by Gasteiger charge is -2.28. The fourth-order valence-electron chi connectivity index (χ4n) is 2.13. The zero-order chi connectivity index (χ0) is 13.1. The second kappa shape index (κ2) is 5.30. The van der Waals surface area contributed by atoms with Crippen LogP contribution in [0.2, 0.25) is 0 Å². The van der Waals surface area contributed by atoms with Crippen molar-refractivity contribution < 1.29 is 14.1 Å². The number of nitro benzene ring substituents is 1. The van der Waals surface area contributed by atoms with Gasteiger partial charge in [0.25, 0.3) is 5.69 Å². The van der Waals surface area contributed by atoms with E-state index in [1.807, 2.05) is 6.92 Å². The molecule has 2 unspecified atom stereocenters. The largest absolute Gasteiger partial charge is 0.378 e. The smallest absolute Gasteiger partial charge is 0.295 e. The third-order valence-corrected chi connectivity index (χ3v) is 3.00. The van der Waals surface area contributed by atoms with Gasteiger partial charge in [0.1, 0.15) is 11.5 Å². The van der Waals surface area contributed by atoms with E-state index in [0.717, 1.165) is 18.9 Å². The Kier molecular flexibility index (Phi) is 3.76. The summed E-state index contributed by atoms with van der Waals surface area (Å²) in [7, 11) is 0. The normalized spacial score (nSPS) is 23.7. The van der Waals surface area contributed by atoms with Crippen LogP contribution < -0.4 is 5.32 Å². The van der Waals surface area contributed by atoms with E-state index >= 15 is 0 Å². The summed E-state index contributed by atoms with van der Waals surface area (Å²) in [6.45, 7) is 2.60. The van der Waals surface area contributed by atoms with E-state index in [2.05, 4.69) is 5.32 Å². The topological polar surface area (TPSA) is 64.4 Å². The predicted molar refractivity (Wildman–Crippen MR) is 65.1 cm³/mol. The fourth-order valence-corrected chi connectivity index (χ4v) is 2.13. The first-order valence-corrected chi connectivity index (χ1v) is 5.88. The van der Waals surface area contributed by atoms with Crippen LogP contribution >= 0.6 is 0 Å². The zero-order valence-corrected chi connectivity index (χ0v) is 10.1. The van der Waals surface area contributed by atoms with Gasteiger partial charge in [0.05, 0.1) is 17.1 Å². The molecule has 1 N–H and O–H groups in total. The molecule has 1 heterocycles. The second-order valence-electron chi connectivity index (χ2n) is 4.47. The number of nitrogens with zero attached hydrogens (tertiary/aromatic N) is 1. The van der Waals surface area contributed by atoms with Crippen LogP contribution in [-0.4, -0.2) is 23.7 Å². The SMILES string of the molecule is CC1CC(Nc2ccc(F)cc2[N+](=O)[O-])CCO1. The highest BCUT2D eigenvalue weighted by atomic mass is 19.1. The zero-order valence-electron chi connectivity index (χ0n) is 10.1. The molecule has 2 rings (SSSR count). The molecule has 1 aromatic rings. The van der Waals surface area contributed by atoms with Crippen LogP contribution in [0.5, 0.6) is 0 Å². The standard InChI is InChI=1S/C12H15FN2O3/c1-8-6-10(4-5-18-8)14-11-3-2-9(13)7-12(11)15(16)17/h2-3,7-8,10,14H,4-6H2,1H3. The molecule has 0 saturated carbocycles. The first-order valence-electron chi connectivity index (χ1n) is 5.88. The van der Waals surface area contributed by atoms with Crippen molar-refractivity contribution in [3.63, 3.8) is 0 Å². The molecule has 0 aromatic heterocycles. The summed E-state index contributed by atoms with van der Waals surface area (Å²) in [5.74, 6) is -0.604. The number of ether oxygens (including phenoxy) is 1. The molecule has 1 aliphatic rings. The van der Waals surface area contributed by atoms with Gasteiger partial charge in [-0.3, -0.25) is 10.1 Å². The van der Waals surface area contributed by atoms with Crippen LogP contribution in [0, 0.1) is 15.9 Å². The molecule has 1 saturated heterocycles. The average molecular weight is 254 g/mol. The summed E-state index contributed by atoms with van der Waals surface area (Å²) in [5, 5.41) is 14.0. The van der Waals surface area contributed by atoms with Crippen molar-refractivity contribution in [2.75, 3.05) is 11.9 Å². The number of benzene rings is 1. The van der Waals surface area contributed by atoms with Crippen LogP contribution in [0.4, 0.5) is 15.8 Å². The van der Waals surface area contributed by atoms with Gasteiger partial charge in [-0.1, -0.05) is 0 Å². The van der Waals surface area contributed by atoms with Gasteiger partial charge >= 0.3 is 0 Å². The Morgan fingerprint density at radius 3 is 3.00 bits per heavy atom. The van der Waals surface area contributed by atoms with Crippen LogP contribution in [-0.2, 0) is 4.74 Å². The van der Waals surface area contributed by atoms with Gasteiger partial charge in [-0.2, -0.15) is 0 Å². The van der Waals surface area contributed by atoms with Crippen molar-refractivity contribution in [3.05, 3.63) is 34.1 Å². The maximum Gasteiger partial charge on any atom is 0.295 e. The number of hydrogen-bond donors (Lipinski definition) is 1. The Morgan fingerprint density at radius 2 is 2.33 bits per heavy atom. The van der Waals surface area contributed by atoms with Gasteiger partial charge in [-0.25, -0.2) is 4.39 Å². The molecule has 0 spiro atoms. The van der Waals surface area contributed by atoms with Crippen LogP contribution in [0.3, 0.4) is 0 Å². The van der Waals surface area contributed by atoms with Crippen LogP contribution in [0.15, 0.2) is 18.2 Å². The maximum absolute atomic E-state index is 13.0. The van der Waals surface area contributed by atoms with E-state index in [1.165, 1.54) is 12.1 Å². The number of nitro groups is 1. The van der Waals surface area contributed by atoms with Crippen molar-refractivity contribution in [1.29, 1.82) is 0 Å². The van der Waals surface area contributed by atoms with Crippen molar-refractivity contribution >= 4 is 11.4 Å². The van der Waals surface area contributed by atoms with Gasteiger partial charge in [0.2, 0.25) is 0 Å². The van der Waals surface area contributed by atoms with Crippen LogP contribution in [0.1, 0.15) is 19.8 Å². The first-order chi connectivity index (χ1) is 8.56. The molecule has 98 valence electrons. The highest BCUT2D eigenvalue weighted by Gasteiger charge is 2.22. The second-order valence-corrected chi connectivity index (χ2v) is 4.47. The quantitative estimate of drug-likeness (QED) is 0.665. The van der Waals surface area contributed by atoms with Crippen molar-refractivity contribution in [2.24, 2.45) is 0 Å². The molecule has 0 bridgehead atoms. The lowest BCUT2D eigenvalue weighted by atomic mass is 10.0. The van der Waals surface area contributed by atoms with E-state index < -0.39 is 10.7 Å². The van der Waals surface area contributed by atoms with E-state index in [9.17, 15) is 14.5 Å². The Balaban J connectivity index is 2.15. The minimum Gasteiger partial charge on any atom is -0.378 e. The minimum absolute atomic E-state index is 0.123. The monoisotopic (exact) mass is 254 g/mol. The van der Waals surface area contributed by atoms with E-state index in [4.69, 9.17) is 4.74 Å². The number of rotatable bonds is 3. The summed E-state index contributed by atoms with van der Waals surface area (Å²) < 4.78 is 18.4. The summed E-state index contributed by atoms with van der Waals surface area (Å²) in [4.78, 5) is 10.3. The van der Waals surface area contributed by atoms with Crippen molar-refractivity contribution in [1.82, 2.24) is 0 Å². The maximum atomic E-state index is 13.0. The molecule has 1 fully saturated rings. The molecule has 5 nitrogen and oxygen atoms in total. The Labute approximate surface area is 104 Å². The molecule has 2 atom stereocenters. The predicted octanol–water partition coefficient (Wildman–Crippen LogP) is 2.71. The molecule has 1 aliphatic heterocycles. The number of hydrogen-bond acceptors (Lipinski definition) is 4. The number of halogens is 1. The van der Waals surface area contributed by atoms with Crippen molar-refractivity contribution in [2.45, 2.75) is 31.9 Å². The van der Waals surface area contributed by atoms with Gasteiger partial charge < -0.3 is 10.1 Å². The molecule has 0 aliphatic carbocycles. The third-order valence-electron chi connectivity index (χ3n) is 3.00. The summed E-state index contributed by atoms with van der Waals surface area (Å²) in [6.07, 6.45) is 1.71. The summed E-state index contributed by atoms with van der Waals surface area (Å²) >= 11 is 0. The van der Waals surface area contributed by atoms with E-state index in [0.29, 0.717) is 12.3 Å². The summed E-state index contributed by atoms with van der Waals surface area (Å²) in [6, 6.07) is 3.69. The van der Waals surface area contributed by atoms with Gasteiger partial charge in [0.15, 0.2) is 0 Å². The third kappa shape index (κ3) is 2.95. The molecule has 6 heteroatoms. The number of anilines is 1. The molecule has 0 radical (unpaired) electrons. The fraction of sp³-hybridized carbons (Fsp3) is 0.500. The minimum atomic E-state index is -0.604.